The molecular formula is C23H26N6O. The minimum absolute atomic E-state index is 0.259. The molecule has 5 rings (SSSR count). The fourth-order valence-electron chi connectivity index (χ4n) is 4.10. The van der Waals surface area contributed by atoms with Crippen LogP contribution in [-0.2, 0) is 0 Å². The van der Waals surface area contributed by atoms with Crippen LogP contribution in [0, 0.1) is 0 Å². The van der Waals surface area contributed by atoms with Crippen molar-refractivity contribution in [3.8, 4) is 22.5 Å². The summed E-state index contributed by atoms with van der Waals surface area (Å²) in [5, 5.41) is 19.5. The SMILES string of the molecule is CC(C)Nc1c(-c2cc(C3CCCCN3)no2)cnc2ccc(-c3cn[nH]c3)cc12. The van der Waals surface area contributed by atoms with Gasteiger partial charge in [0.05, 0.1) is 29.0 Å². The van der Waals surface area contributed by atoms with Crippen LogP contribution in [0.2, 0.25) is 0 Å². The molecule has 7 nitrogen and oxygen atoms in total. The Labute approximate surface area is 175 Å². The van der Waals surface area contributed by atoms with Gasteiger partial charge in [-0.05, 0) is 50.9 Å². The first-order chi connectivity index (χ1) is 14.7. The van der Waals surface area contributed by atoms with E-state index >= 15 is 0 Å². The molecule has 0 radical (unpaired) electrons. The molecule has 1 aliphatic rings. The summed E-state index contributed by atoms with van der Waals surface area (Å²) in [5.74, 6) is 0.739. The zero-order valence-electron chi connectivity index (χ0n) is 17.3. The third kappa shape index (κ3) is 3.57. The number of nitrogens with zero attached hydrogens (tertiary/aromatic N) is 3. The highest BCUT2D eigenvalue weighted by Gasteiger charge is 2.21. The lowest BCUT2D eigenvalue weighted by molar-refractivity contribution is 0.368. The van der Waals surface area contributed by atoms with E-state index < -0.39 is 0 Å². The fourth-order valence-corrected chi connectivity index (χ4v) is 4.10. The Morgan fingerprint density at radius 3 is 2.83 bits per heavy atom. The number of H-pyrrole nitrogens is 1. The molecule has 0 aliphatic carbocycles. The van der Waals surface area contributed by atoms with Gasteiger partial charge in [0.2, 0.25) is 0 Å². The van der Waals surface area contributed by atoms with Gasteiger partial charge < -0.3 is 15.2 Å². The van der Waals surface area contributed by atoms with Crippen molar-refractivity contribution >= 4 is 16.6 Å². The van der Waals surface area contributed by atoms with Crippen LogP contribution in [0.25, 0.3) is 33.4 Å². The minimum Gasteiger partial charge on any atom is -0.382 e. The maximum Gasteiger partial charge on any atom is 0.170 e. The van der Waals surface area contributed by atoms with Crippen LogP contribution in [0.4, 0.5) is 5.69 Å². The zero-order chi connectivity index (χ0) is 20.5. The third-order valence-electron chi connectivity index (χ3n) is 5.59. The van der Waals surface area contributed by atoms with Gasteiger partial charge in [-0.15, -0.1) is 0 Å². The summed E-state index contributed by atoms with van der Waals surface area (Å²) in [5.41, 5.74) is 5.97. The molecule has 3 aromatic heterocycles. The van der Waals surface area contributed by atoms with E-state index in [1.807, 2.05) is 24.7 Å². The molecule has 1 atom stereocenters. The highest BCUT2D eigenvalue weighted by Crippen LogP contribution is 2.37. The lowest BCUT2D eigenvalue weighted by Gasteiger charge is -2.20. The number of aromatic amines is 1. The molecule has 1 fully saturated rings. The molecule has 0 amide bonds. The summed E-state index contributed by atoms with van der Waals surface area (Å²) >= 11 is 0. The van der Waals surface area contributed by atoms with Crippen molar-refractivity contribution in [1.29, 1.82) is 0 Å². The van der Waals surface area contributed by atoms with Crippen molar-refractivity contribution in [2.45, 2.75) is 45.2 Å². The monoisotopic (exact) mass is 402 g/mol. The predicted molar refractivity (Wildman–Crippen MR) is 118 cm³/mol. The van der Waals surface area contributed by atoms with Crippen LogP contribution in [-0.4, -0.2) is 32.9 Å². The highest BCUT2D eigenvalue weighted by molar-refractivity contribution is 6.00. The number of hydrogen-bond acceptors (Lipinski definition) is 6. The lowest BCUT2D eigenvalue weighted by atomic mass is 10.00. The number of piperidine rings is 1. The van der Waals surface area contributed by atoms with Crippen molar-refractivity contribution in [3.05, 3.63) is 48.5 Å². The lowest BCUT2D eigenvalue weighted by Crippen LogP contribution is -2.26. The van der Waals surface area contributed by atoms with Gasteiger partial charge in [-0.25, -0.2) is 0 Å². The minimum atomic E-state index is 0.259. The molecule has 1 unspecified atom stereocenters. The van der Waals surface area contributed by atoms with Gasteiger partial charge in [-0.3, -0.25) is 10.1 Å². The topological polar surface area (TPSA) is 91.7 Å². The molecule has 154 valence electrons. The number of pyridine rings is 1. The van der Waals surface area contributed by atoms with Gasteiger partial charge in [-0.2, -0.15) is 5.10 Å². The highest BCUT2D eigenvalue weighted by atomic mass is 16.5. The Morgan fingerprint density at radius 1 is 1.13 bits per heavy atom. The van der Waals surface area contributed by atoms with E-state index in [0.717, 1.165) is 57.7 Å². The second-order valence-corrected chi connectivity index (χ2v) is 8.18. The molecule has 0 saturated carbocycles. The Morgan fingerprint density at radius 2 is 2.07 bits per heavy atom. The molecule has 1 saturated heterocycles. The van der Waals surface area contributed by atoms with Crippen molar-refractivity contribution < 1.29 is 4.52 Å². The van der Waals surface area contributed by atoms with Crippen LogP contribution in [0.5, 0.6) is 0 Å². The first-order valence-corrected chi connectivity index (χ1v) is 10.6. The Bertz CT molecular complexity index is 1140. The largest absolute Gasteiger partial charge is 0.382 e. The van der Waals surface area contributed by atoms with Crippen LogP contribution < -0.4 is 10.6 Å². The number of aromatic nitrogens is 4. The van der Waals surface area contributed by atoms with Crippen LogP contribution >= 0.6 is 0 Å². The molecule has 0 spiro atoms. The van der Waals surface area contributed by atoms with Gasteiger partial charge in [-0.1, -0.05) is 17.6 Å². The Hall–Kier alpha value is -3.19. The van der Waals surface area contributed by atoms with Gasteiger partial charge in [0.15, 0.2) is 5.76 Å². The smallest absolute Gasteiger partial charge is 0.170 e. The normalized spacial score (nSPS) is 17.0. The van der Waals surface area contributed by atoms with Crippen molar-refractivity contribution in [2.24, 2.45) is 0 Å². The maximum atomic E-state index is 5.79. The standard InChI is InChI=1S/C23H26N6O/c1-14(2)28-23-17-9-15(16-11-26-27-12-16)6-7-19(17)25-13-18(23)22-10-21(29-30-22)20-5-3-4-8-24-20/h6-7,9-14,20,24H,3-5,8H2,1-2H3,(H,25,28)(H,26,27). The summed E-state index contributed by atoms with van der Waals surface area (Å²) in [4.78, 5) is 4.70. The number of fused-ring (bicyclic) bond motifs is 1. The van der Waals surface area contributed by atoms with E-state index in [1.165, 1.54) is 12.8 Å². The summed E-state index contributed by atoms with van der Waals surface area (Å²) in [6, 6.07) is 8.84. The Kier molecular flexibility index (Phi) is 4.96. The van der Waals surface area contributed by atoms with Gasteiger partial charge in [0, 0.05) is 35.5 Å². The van der Waals surface area contributed by atoms with E-state index in [-0.39, 0.29) is 12.1 Å². The number of nitrogens with one attached hydrogen (secondary N) is 3. The quantitative estimate of drug-likeness (QED) is 0.439. The van der Waals surface area contributed by atoms with Crippen LogP contribution in [0.1, 0.15) is 44.8 Å². The molecule has 7 heteroatoms. The molecule has 4 aromatic rings. The average Bonchev–Trinajstić information content (AvgIpc) is 3.47. The van der Waals surface area contributed by atoms with Crippen molar-refractivity contribution in [3.63, 3.8) is 0 Å². The summed E-state index contributed by atoms with van der Waals surface area (Å²) < 4.78 is 5.79. The van der Waals surface area contributed by atoms with Crippen molar-refractivity contribution in [2.75, 3.05) is 11.9 Å². The van der Waals surface area contributed by atoms with Gasteiger partial charge in [0.1, 0.15) is 5.69 Å². The second-order valence-electron chi connectivity index (χ2n) is 8.18. The molecule has 1 aromatic carbocycles. The predicted octanol–water partition coefficient (Wildman–Crippen LogP) is 4.91. The van der Waals surface area contributed by atoms with E-state index in [0.29, 0.717) is 0 Å². The van der Waals surface area contributed by atoms with Gasteiger partial charge >= 0.3 is 0 Å². The third-order valence-corrected chi connectivity index (χ3v) is 5.59. The maximum absolute atomic E-state index is 5.79. The summed E-state index contributed by atoms with van der Waals surface area (Å²) in [6.07, 6.45) is 9.13. The first kappa shape index (κ1) is 18.8. The van der Waals surface area contributed by atoms with Gasteiger partial charge in [0.25, 0.3) is 0 Å². The Balaban J connectivity index is 1.61. The van der Waals surface area contributed by atoms with E-state index in [1.54, 1.807) is 0 Å². The zero-order valence-corrected chi connectivity index (χ0v) is 17.3. The van der Waals surface area contributed by atoms with E-state index in [4.69, 9.17) is 9.51 Å². The summed E-state index contributed by atoms with van der Waals surface area (Å²) in [7, 11) is 0. The number of rotatable bonds is 5. The molecule has 3 N–H and O–H groups in total. The number of anilines is 1. The van der Waals surface area contributed by atoms with Crippen molar-refractivity contribution in [1.82, 2.24) is 25.7 Å². The summed E-state index contributed by atoms with van der Waals surface area (Å²) in [6.45, 7) is 5.29. The first-order valence-electron chi connectivity index (χ1n) is 10.6. The average molecular weight is 403 g/mol. The van der Waals surface area contributed by atoms with Crippen LogP contribution in [0.3, 0.4) is 0 Å². The molecule has 1 aliphatic heterocycles. The molecule has 30 heavy (non-hydrogen) atoms. The van der Waals surface area contributed by atoms with E-state index in [2.05, 4.69) is 58.0 Å². The number of benzene rings is 1. The fraction of sp³-hybridized carbons (Fsp3) is 0.348. The molecular weight excluding hydrogens is 376 g/mol. The van der Waals surface area contributed by atoms with E-state index in [9.17, 15) is 0 Å². The number of hydrogen-bond donors (Lipinski definition) is 3. The second kappa shape index (κ2) is 7.91. The molecule has 0 bridgehead atoms. The van der Waals surface area contributed by atoms with Crippen LogP contribution in [0.15, 0.2) is 47.4 Å². The molecule has 4 heterocycles.